The molecule has 0 aliphatic carbocycles. The molecule has 1 aromatic heterocycles. The monoisotopic (exact) mass is 619 g/mol. The van der Waals surface area contributed by atoms with Gasteiger partial charge in [-0.3, -0.25) is 14.4 Å². The molecule has 0 aliphatic rings. The SMILES string of the molecule is COc1cccc(NC(=O)C(Sc2cccc(NC(=O)/C(=C/c3ccsc3)NC(=O)c3ccccc3)c2)c2ccccc2)c1. The first-order valence-corrected chi connectivity index (χ1v) is 15.5. The Labute approximate surface area is 264 Å². The van der Waals surface area contributed by atoms with Gasteiger partial charge in [-0.15, -0.1) is 11.8 Å². The number of hydrogen-bond donors (Lipinski definition) is 3. The summed E-state index contributed by atoms with van der Waals surface area (Å²) < 4.78 is 5.29. The Morgan fingerprint density at radius 2 is 1.50 bits per heavy atom. The number of methoxy groups -OCH3 is 1. The summed E-state index contributed by atoms with van der Waals surface area (Å²) in [4.78, 5) is 40.7. The van der Waals surface area contributed by atoms with Gasteiger partial charge < -0.3 is 20.7 Å². The number of benzene rings is 4. The lowest BCUT2D eigenvalue weighted by molar-refractivity contribution is -0.116. The van der Waals surface area contributed by atoms with Gasteiger partial charge in [0.15, 0.2) is 0 Å². The third kappa shape index (κ3) is 8.25. The molecule has 0 aliphatic heterocycles. The van der Waals surface area contributed by atoms with E-state index in [1.807, 2.05) is 77.5 Å². The average molecular weight is 620 g/mol. The van der Waals surface area contributed by atoms with Gasteiger partial charge in [0.25, 0.3) is 11.8 Å². The molecule has 3 N–H and O–H groups in total. The first-order valence-electron chi connectivity index (χ1n) is 13.7. The van der Waals surface area contributed by atoms with Crippen molar-refractivity contribution in [1.82, 2.24) is 5.32 Å². The minimum atomic E-state index is -0.576. The first-order chi connectivity index (χ1) is 21.5. The molecular formula is C35H29N3O4S2. The zero-order chi connectivity index (χ0) is 30.7. The number of carbonyl (C=O) groups is 3. The minimum absolute atomic E-state index is 0.107. The molecule has 5 aromatic rings. The van der Waals surface area contributed by atoms with Gasteiger partial charge in [-0.25, -0.2) is 0 Å². The van der Waals surface area contributed by atoms with Crippen molar-refractivity contribution in [2.75, 3.05) is 17.7 Å². The molecule has 220 valence electrons. The smallest absolute Gasteiger partial charge is 0.272 e. The van der Waals surface area contributed by atoms with Crippen molar-refractivity contribution in [1.29, 1.82) is 0 Å². The molecule has 1 heterocycles. The highest BCUT2D eigenvalue weighted by atomic mass is 32.2. The number of thioether (sulfide) groups is 1. The highest BCUT2D eigenvalue weighted by molar-refractivity contribution is 8.00. The van der Waals surface area contributed by atoms with Crippen LogP contribution in [-0.4, -0.2) is 24.8 Å². The number of nitrogens with one attached hydrogen (secondary N) is 3. The third-order valence-corrected chi connectivity index (χ3v) is 8.36. The Morgan fingerprint density at radius 1 is 0.795 bits per heavy atom. The Hall–Kier alpha value is -5.12. The predicted molar refractivity (Wildman–Crippen MR) is 178 cm³/mol. The zero-order valence-corrected chi connectivity index (χ0v) is 25.4. The molecule has 0 fully saturated rings. The van der Waals surface area contributed by atoms with Crippen LogP contribution in [0.4, 0.5) is 11.4 Å². The maximum absolute atomic E-state index is 13.6. The van der Waals surface area contributed by atoms with Crippen LogP contribution in [0.2, 0.25) is 0 Å². The van der Waals surface area contributed by atoms with Crippen molar-refractivity contribution in [3.8, 4) is 5.75 Å². The van der Waals surface area contributed by atoms with E-state index in [2.05, 4.69) is 16.0 Å². The second kappa shape index (κ2) is 14.9. The number of thiophene rings is 1. The normalized spacial score (nSPS) is 11.7. The number of ether oxygens (including phenoxy) is 1. The van der Waals surface area contributed by atoms with E-state index in [1.165, 1.54) is 23.1 Å². The Bertz CT molecular complexity index is 1760. The molecule has 1 unspecified atom stereocenters. The van der Waals surface area contributed by atoms with Crippen molar-refractivity contribution >= 4 is 58.3 Å². The molecule has 44 heavy (non-hydrogen) atoms. The van der Waals surface area contributed by atoms with Gasteiger partial charge in [-0.2, -0.15) is 11.3 Å². The zero-order valence-electron chi connectivity index (χ0n) is 23.7. The number of amides is 3. The minimum Gasteiger partial charge on any atom is -0.497 e. The summed E-state index contributed by atoms with van der Waals surface area (Å²) in [6.45, 7) is 0. The van der Waals surface area contributed by atoms with E-state index in [0.717, 1.165) is 16.0 Å². The van der Waals surface area contributed by atoms with E-state index in [-0.39, 0.29) is 17.5 Å². The number of rotatable bonds is 11. The van der Waals surface area contributed by atoms with Crippen molar-refractivity contribution in [3.63, 3.8) is 0 Å². The summed E-state index contributed by atoms with van der Waals surface area (Å²) >= 11 is 2.85. The predicted octanol–water partition coefficient (Wildman–Crippen LogP) is 7.64. The van der Waals surface area contributed by atoms with Crippen LogP contribution in [-0.2, 0) is 9.59 Å². The van der Waals surface area contributed by atoms with Gasteiger partial charge in [0.2, 0.25) is 5.91 Å². The van der Waals surface area contributed by atoms with Crippen molar-refractivity contribution in [2.24, 2.45) is 0 Å². The summed E-state index contributed by atoms with van der Waals surface area (Å²) in [7, 11) is 1.58. The fraction of sp³-hybridized carbons (Fsp3) is 0.0571. The molecule has 0 saturated carbocycles. The quantitative estimate of drug-likeness (QED) is 0.104. The fourth-order valence-corrected chi connectivity index (χ4v) is 5.96. The third-order valence-electron chi connectivity index (χ3n) is 6.41. The van der Waals surface area contributed by atoms with Crippen LogP contribution < -0.4 is 20.7 Å². The standard InChI is InChI=1S/C35H29N3O4S2/c1-42-29-16-8-14-27(21-29)37-35(41)32(25-10-4-2-5-11-25)44-30-17-9-15-28(22-30)36-34(40)31(20-24-18-19-43-23-24)38-33(39)26-12-6-3-7-13-26/h2-23,32H,1H3,(H,36,40)(H,37,41)(H,38,39)/b31-20-. The summed E-state index contributed by atoms with van der Waals surface area (Å²) in [5.74, 6) is -0.423. The van der Waals surface area contributed by atoms with Crippen molar-refractivity contribution in [2.45, 2.75) is 10.1 Å². The van der Waals surface area contributed by atoms with E-state index < -0.39 is 11.2 Å². The molecule has 9 heteroatoms. The van der Waals surface area contributed by atoms with Gasteiger partial charge in [0.05, 0.1) is 7.11 Å². The van der Waals surface area contributed by atoms with E-state index in [0.29, 0.717) is 22.7 Å². The molecular weight excluding hydrogens is 591 g/mol. The van der Waals surface area contributed by atoms with E-state index >= 15 is 0 Å². The van der Waals surface area contributed by atoms with Gasteiger partial charge >= 0.3 is 0 Å². The van der Waals surface area contributed by atoms with E-state index in [4.69, 9.17) is 4.74 Å². The van der Waals surface area contributed by atoms with Gasteiger partial charge in [0.1, 0.15) is 16.7 Å². The van der Waals surface area contributed by atoms with Crippen LogP contribution in [0.1, 0.15) is 26.7 Å². The molecule has 4 aromatic carbocycles. The van der Waals surface area contributed by atoms with Crippen molar-refractivity contribution in [3.05, 3.63) is 148 Å². The lowest BCUT2D eigenvalue weighted by Gasteiger charge is -2.18. The maximum atomic E-state index is 13.6. The van der Waals surface area contributed by atoms with Crippen LogP contribution in [0.25, 0.3) is 6.08 Å². The average Bonchev–Trinajstić information content (AvgIpc) is 3.57. The first kappa shape index (κ1) is 30.3. The number of carbonyl (C=O) groups excluding carboxylic acids is 3. The number of hydrogen-bond acceptors (Lipinski definition) is 6. The molecule has 7 nitrogen and oxygen atoms in total. The molecule has 0 spiro atoms. The van der Waals surface area contributed by atoms with Gasteiger partial charge in [-0.05, 0) is 76.5 Å². The summed E-state index contributed by atoms with van der Waals surface area (Å²) in [5.41, 5.74) is 3.32. The van der Waals surface area contributed by atoms with Crippen LogP contribution in [0, 0.1) is 0 Å². The molecule has 0 bridgehead atoms. The van der Waals surface area contributed by atoms with Gasteiger partial charge in [0, 0.05) is 27.9 Å². The molecule has 0 saturated heterocycles. The lowest BCUT2D eigenvalue weighted by atomic mass is 10.1. The second-order valence-electron chi connectivity index (χ2n) is 9.55. The summed E-state index contributed by atoms with van der Waals surface area (Å²) in [5, 5.41) is 11.9. The molecule has 5 rings (SSSR count). The summed E-state index contributed by atoms with van der Waals surface area (Å²) in [6, 6.07) is 34.5. The van der Waals surface area contributed by atoms with Crippen LogP contribution in [0.5, 0.6) is 5.75 Å². The Balaban J connectivity index is 1.35. The lowest BCUT2D eigenvalue weighted by Crippen LogP contribution is -2.30. The topological polar surface area (TPSA) is 96.5 Å². The molecule has 0 radical (unpaired) electrons. The maximum Gasteiger partial charge on any atom is 0.272 e. The second-order valence-corrected chi connectivity index (χ2v) is 11.5. The van der Waals surface area contributed by atoms with Crippen LogP contribution in [0.15, 0.2) is 137 Å². The highest BCUT2D eigenvalue weighted by Gasteiger charge is 2.23. The highest BCUT2D eigenvalue weighted by Crippen LogP contribution is 2.37. The van der Waals surface area contributed by atoms with Crippen LogP contribution in [0.3, 0.4) is 0 Å². The summed E-state index contributed by atoms with van der Waals surface area (Å²) in [6.07, 6.45) is 1.64. The van der Waals surface area contributed by atoms with Crippen molar-refractivity contribution < 1.29 is 19.1 Å². The largest absolute Gasteiger partial charge is 0.497 e. The Morgan fingerprint density at radius 3 is 2.20 bits per heavy atom. The molecule has 1 atom stereocenters. The number of anilines is 2. The van der Waals surface area contributed by atoms with Gasteiger partial charge in [-0.1, -0.05) is 60.7 Å². The van der Waals surface area contributed by atoms with E-state index in [9.17, 15) is 14.4 Å². The molecule has 3 amide bonds. The van der Waals surface area contributed by atoms with E-state index in [1.54, 1.807) is 61.7 Å². The Kier molecular flexibility index (Phi) is 10.2. The van der Waals surface area contributed by atoms with Crippen LogP contribution >= 0.6 is 23.1 Å². The fourth-order valence-electron chi connectivity index (χ4n) is 4.26.